The molecule has 0 spiro atoms. The minimum absolute atomic E-state index is 0.0172. The Morgan fingerprint density at radius 1 is 1.09 bits per heavy atom. The maximum absolute atomic E-state index is 14.0. The number of ether oxygens (including phenoxy) is 1. The van der Waals surface area contributed by atoms with Crippen molar-refractivity contribution < 1.29 is 18.7 Å². The fourth-order valence-corrected chi connectivity index (χ4v) is 5.63. The van der Waals surface area contributed by atoms with E-state index in [9.17, 15) is 9.59 Å². The van der Waals surface area contributed by atoms with Gasteiger partial charge >= 0.3 is 0 Å². The average molecular weight is 456 g/mol. The van der Waals surface area contributed by atoms with Crippen LogP contribution < -0.4 is 4.74 Å². The van der Waals surface area contributed by atoms with E-state index in [0.717, 1.165) is 33.5 Å². The average Bonchev–Trinajstić information content (AvgIpc) is 3.51. The number of hydrogen-bond donors (Lipinski definition) is 1. The highest BCUT2D eigenvalue weighted by Crippen LogP contribution is 2.49. The smallest absolute Gasteiger partial charge is 0.255 e. The van der Waals surface area contributed by atoms with Gasteiger partial charge in [0.05, 0.1) is 25.6 Å². The number of furan rings is 1. The third-order valence-electron chi connectivity index (χ3n) is 7.26. The first-order valence-electron chi connectivity index (χ1n) is 11.4. The van der Waals surface area contributed by atoms with Crippen LogP contribution >= 0.6 is 0 Å². The first-order valence-corrected chi connectivity index (χ1v) is 11.4. The van der Waals surface area contributed by atoms with Crippen LogP contribution in [0.1, 0.15) is 35.4 Å². The van der Waals surface area contributed by atoms with E-state index >= 15 is 0 Å². The number of hydrogen-bond acceptors (Lipinski definition) is 4. The minimum atomic E-state index is -1.14. The number of aromatic amines is 1. The molecule has 4 aromatic rings. The Bertz CT molecular complexity index is 1410. The molecule has 2 aliphatic heterocycles. The van der Waals surface area contributed by atoms with Gasteiger partial charge in [-0.3, -0.25) is 9.59 Å². The summed E-state index contributed by atoms with van der Waals surface area (Å²) in [4.78, 5) is 34.4. The summed E-state index contributed by atoms with van der Waals surface area (Å²) in [5.41, 5.74) is 2.60. The number of para-hydroxylation sites is 2. The van der Waals surface area contributed by atoms with Crippen molar-refractivity contribution in [1.29, 1.82) is 0 Å². The Morgan fingerprint density at radius 2 is 1.88 bits per heavy atom. The summed E-state index contributed by atoms with van der Waals surface area (Å²) in [6.07, 6.45) is 1.58. The Morgan fingerprint density at radius 3 is 2.68 bits per heavy atom. The number of carbonyl (C=O) groups is 2. The summed E-state index contributed by atoms with van der Waals surface area (Å²) in [7, 11) is 1.66. The van der Waals surface area contributed by atoms with E-state index in [0.29, 0.717) is 12.3 Å². The van der Waals surface area contributed by atoms with Crippen LogP contribution in [-0.4, -0.2) is 46.8 Å². The molecular weight excluding hydrogens is 430 g/mol. The van der Waals surface area contributed by atoms with Crippen molar-refractivity contribution >= 4 is 22.7 Å². The molecule has 4 heterocycles. The zero-order valence-electron chi connectivity index (χ0n) is 19.1. The number of nitrogens with zero attached hydrogens (tertiary/aromatic N) is 2. The molecule has 34 heavy (non-hydrogen) atoms. The highest BCUT2D eigenvalue weighted by Gasteiger charge is 2.56. The second kappa shape index (κ2) is 7.52. The fraction of sp³-hybridized carbons (Fsp3) is 0.259. The molecule has 2 aromatic carbocycles. The summed E-state index contributed by atoms with van der Waals surface area (Å²) < 4.78 is 11.2. The van der Waals surface area contributed by atoms with Crippen molar-refractivity contribution in [3.8, 4) is 5.75 Å². The van der Waals surface area contributed by atoms with Crippen LogP contribution in [0.3, 0.4) is 0 Å². The number of amides is 2. The van der Waals surface area contributed by atoms with Crippen LogP contribution in [0.4, 0.5) is 0 Å². The van der Waals surface area contributed by atoms with E-state index in [4.69, 9.17) is 9.15 Å². The third kappa shape index (κ3) is 2.83. The zero-order valence-corrected chi connectivity index (χ0v) is 19.1. The Labute approximate surface area is 196 Å². The molecule has 7 nitrogen and oxygen atoms in total. The monoisotopic (exact) mass is 455 g/mol. The zero-order chi connectivity index (χ0) is 23.4. The standard InChI is InChI=1S/C27H25N3O4/c1-27-25-24(19-10-3-5-11-21(19)28-25)20(18-9-4-6-12-22(18)33-2)15-30(27)23(31)16-29(26(27)32)14-17-8-7-13-34-17/h3-13,20,28H,14-16H2,1-2H3. The number of benzene rings is 2. The fourth-order valence-electron chi connectivity index (χ4n) is 5.63. The summed E-state index contributed by atoms with van der Waals surface area (Å²) >= 11 is 0. The molecule has 2 aliphatic rings. The van der Waals surface area contributed by atoms with Gasteiger partial charge in [0.2, 0.25) is 5.91 Å². The van der Waals surface area contributed by atoms with Gasteiger partial charge in [-0.2, -0.15) is 0 Å². The normalized spacial score (nSPS) is 22.1. The number of H-pyrrole nitrogens is 1. The second-order valence-corrected chi connectivity index (χ2v) is 9.07. The Balaban J connectivity index is 1.55. The van der Waals surface area contributed by atoms with Crippen LogP contribution in [-0.2, 0) is 21.7 Å². The highest BCUT2D eigenvalue weighted by molar-refractivity contribution is 6.01. The number of aromatic nitrogens is 1. The summed E-state index contributed by atoms with van der Waals surface area (Å²) in [5.74, 6) is 1.08. The number of fused-ring (bicyclic) bond motifs is 5. The molecule has 2 amide bonds. The number of nitrogens with one attached hydrogen (secondary N) is 1. The van der Waals surface area contributed by atoms with E-state index in [1.807, 2.05) is 55.5 Å². The topological polar surface area (TPSA) is 78.8 Å². The van der Waals surface area contributed by atoms with Crippen molar-refractivity contribution in [3.05, 3.63) is 89.5 Å². The van der Waals surface area contributed by atoms with Gasteiger partial charge in [-0.1, -0.05) is 36.4 Å². The molecule has 0 saturated carbocycles. The third-order valence-corrected chi connectivity index (χ3v) is 7.26. The summed E-state index contributed by atoms with van der Waals surface area (Å²) in [5, 5.41) is 1.05. The molecule has 6 rings (SSSR count). The van der Waals surface area contributed by atoms with Crippen molar-refractivity contribution in [2.45, 2.75) is 24.9 Å². The minimum Gasteiger partial charge on any atom is -0.496 e. The summed E-state index contributed by atoms with van der Waals surface area (Å²) in [6, 6.07) is 19.6. The molecule has 2 aromatic heterocycles. The molecule has 1 N–H and O–H groups in total. The van der Waals surface area contributed by atoms with E-state index in [2.05, 4.69) is 11.1 Å². The van der Waals surface area contributed by atoms with E-state index in [1.165, 1.54) is 0 Å². The maximum Gasteiger partial charge on any atom is 0.255 e. The largest absolute Gasteiger partial charge is 0.496 e. The van der Waals surface area contributed by atoms with Crippen molar-refractivity contribution in [3.63, 3.8) is 0 Å². The number of carbonyl (C=O) groups excluding carboxylic acids is 2. The van der Waals surface area contributed by atoms with E-state index in [-0.39, 0.29) is 30.8 Å². The van der Waals surface area contributed by atoms with E-state index < -0.39 is 5.54 Å². The molecule has 1 fully saturated rings. The molecule has 0 bridgehead atoms. The lowest BCUT2D eigenvalue weighted by atomic mass is 9.76. The first-order chi connectivity index (χ1) is 16.5. The Hall–Kier alpha value is -4.00. The van der Waals surface area contributed by atoms with Gasteiger partial charge in [0.25, 0.3) is 5.91 Å². The lowest BCUT2D eigenvalue weighted by Gasteiger charge is -2.51. The van der Waals surface area contributed by atoms with Crippen LogP contribution in [0.5, 0.6) is 5.75 Å². The number of methoxy groups -OCH3 is 1. The van der Waals surface area contributed by atoms with Gasteiger partial charge in [0, 0.05) is 28.9 Å². The predicted octanol–water partition coefficient (Wildman–Crippen LogP) is 4.00. The maximum atomic E-state index is 14.0. The molecular formula is C27H25N3O4. The van der Waals surface area contributed by atoms with Gasteiger partial charge in [0.15, 0.2) is 5.54 Å². The number of rotatable bonds is 4. The predicted molar refractivity (Wildman–Crippen MR) is 126 cm³/mol. The van der Waals surface area contributed by atoms with Crippen LogP contribution in [0, 0.1) is 0 Å². The van der Waals surface area contributed by atoms with Crippen LogP contribution in [0.25, 0.3) is 10.9 Å². The summed E-state index contributed by atoms with van der Waals surface area (Å²) in [6.45, 7) is 2.52. The molecule has 0 aliphatic carbocycles. The molecule has 2 atom stereocenters. The lowest BCUT2D eigenvalue weighted by Crippen LogP contribution is -2.67. The van der Waals surface area contributed by atoms with Gasteiger partial charge in [-0.15, -0.1) is 0 Å². The van der Waals surface area contributed by atoms with Gasteiger partial charge in [-0.25, -0.2) is 0 Å². The van der Waals surface area contributed by atoms with Crippen LogP contribution in [0.15, 0.2) is 71.3 Å². The van der Waals surface area contributed by atoms with Crippen LogP contribution in [0.2, 0.25) is 0 Å². The molecule has 0 radical (unpaired) electrons. The van der Waals surface area contributed by atoms with Gasteiger partial charge in [0.1, 0.15) is 18.1 Å². The lowest BCUT2D eigenvalue weighted by molar-refractivity contribution is -0.167. The van der Waals surface area contributed by atoms with Gasteiger partial charge < -0.3 is 23.9 Å². The Kier molecular flexibility index (Phi) is 4.55. The second-order valence-electron chi connectivity index (χ2n) is 9.07. The molecule has 2 unspecified atom stereocenters. The molecule has 7 heteroatoms. The van der Waals surface area contributed by atoms with Crippen molar-refractivity contribution in [2.75, 3.05) is 20.2 Å². The molecule has 172 valence electrons. The molecule has 1 saturated heterocycles. The van der Waals surface area contributed by atoms with Crippen molar-refractivity contribution in [2.24, 2.45) is 0 Å². The van der Waals surface area contributed by atoms with E-state index in [1.54, 1.807) is 29.2 Å². The first kappa shape index (κ1) is 20.6. The SMILES string of the molecule is COc1ccccc1C1CN2C(=O)CN(Cc3ccco3)C(=O)C2(C)c2[nH]c3ccccc3c21. The van der Waals surface area contributed by atoms with Gasteiger partial charge in [-0.05, 0) is 36.8 Å². The van der Waals surface area contributed by atoms with Crippen molar-refractivity contribution in [1.82, 2.24) is 14.8 Å². The quantitative estimate of drug-likeness (QED) is 0.505. The number of piperazine rings is 1. The highest BCUT2D eigenvalue weighted by atomic mass is 16.5.